The standard InChI is InChI=1S/C25H30B2F3N7O/c1-13(2)21-24(26,27)36(5)23(38)37(21)20-7-9-32-22(35-20)34-15(4)18-10-14(3)17(12-33-18)16-6-8-31-19(11-16)25(28,29)30/h6-13,15,21H,26-27H2,1-5H3,(H,32,34,35)/t15-,21?/m0/s1. The van der Waals surface area contributed by atoms with Crippen LogP contribution in [0, 0.1) is 12.8 Å². The molecule has 0 aromatic carbocycles. The molecular weight excluding hydrogens is 493 g/mol. The lowest BCUT2D eigenvalue weighted by molar-refractivity contribution is -0.141. The first kappa shape index (κ1) is 27.4. The first-order valence-corrected chi connectivity index (χ1v) is 12.4. The molecule has 1 unspecified atom stereocenters. The van der Waals surface area contributed by atoms with Gasteiger partial charge in [0.25, 0.3) is 0 Å². The van der Waals surface area contributed by atoms with Crippen LogP contribution in [0.25, 0.3) is 11.1 Å². The molecular formula is C25H30B2F3N7O. The van der Waals surface area contributed by atoms with E-state index in [1.165, 1.54) is 6.07 Å². The van der Waals surface area contributed by atoms with Crippen LogP contribution in [0.2, 0.25) is 0 Å². The number of pyridine rings is 2. The molecule has 1 aliphatic rings. The molecule has 0 spiro atoms. The summed E-state index contributed by atoms with van der Waals surface area (Å²) >= 11 is 0. The second-order valence-corrected chi connectivity index (χ2v) is 10.5. The number of nitrogens with zero attached hydrogens (tertiary/aromatic N) is 6. The van der Waals surface area contributed by atoms with Crippen molar-refractivity contribution in [2.45, 2.75) is 51.3 Å². The van der Waals surface area contributed by atoms with E-state index in [1.807, 2.05) is 35.6 Å². The smallest absolute Gasteiger partial charge is 0.346 e. The largest absolute Gasteiger partial charge is 0.433 e. The number of carbonyl (C=O) groups excluding carboxylic acids is 1. The molecule has 13 heteroatoms. The van der Waals surface area contributed by atoms with Gasteiger partial charge in [-0.2, -0.15) is 18.2 Å². The average Bonchev–Trinajstić information content (AvgIpc) is 3.03. The molecule has 1 aliphatic heterocycles. The fourth-order valence-electron chi connectivity index (χ4n) is 5.09. The Kier molecular flexibility index (Phi) is 7.15. The lowest BCUT2D eigenvalue weighted by atomic mass is 9.55. The van der Waals surface area contributed by atoms with Crippen LogP contribution in [0.4, 0.5) is 29.7 Å². The van der Waals surface area contributed by atoms with Gasteiger partial charge in [-0.25, -0.2) is 9.78 Å². The number of halogens is 3. The summed E-state index contributed by atoms with van der Waals surface area (Å²) < 4.78 is 39.3. The lowest BCUT2D eigenvalue weighted by Crippen LogP contribution is -2.54. The number of carbonyl (C=O) groups is 1. The van der Waals surface area contributed by atoms with Crippen molar-refractivity contribution in [1.29, 1.82) is 0 Å². The van der Waals surface area contributed by atoms with E-state index in [-0.39, 0.29) is 29.4 Å². The van der Waals surface area contributed by atoms with Crippen molar-refractivity contribution in [2.24, 2.45) is 5.92 Å². The first-order chi connectivity index (χ1) is 17.7. The Balaban J connectivity index is 1.57. The Labute approximate surface area is 221 Å². The summed E-state index contributed by atoms with van der Waals surface area (Å²) in [6.45, 7) is 7.88. The van der Waals surface area contributed by atoms with Crippen LogP contribution in [-0.2, 0) is 6.18 Å². The Morgan fingerprint density at radius 2 is 1.76 bits per heavy atom. The maximum absolute atomic E-state index is 13.1. The van der Waals surface area contributed by atoms with Crippen LogP contribution in [0.5, 0.6) is 0 Å². The molecule has 3 aromatic heterocycles. The molecule has 1 saturated heterocycles. The van der Waals surface area contributed by atoms with Crippen LogP contribution in [0.1, 0.15) is 43.8 Å². The van der Waals surface area contributed by atoms with Crippen molar-refractivity contribution in [1.82, 2.24) is 24.8 Å². The second kappa shape index (κ2) is 9.92. The first-order valence-electron chi connectivity index (χ1n) is 12.4. The van der Waals surface area contributed by atoms with Gasteiger partial charge in [-0.05, 0) is 55.2 Å². The molecule has 1 N–H and O–H groups in total. The molecule has 2 atom stereocenters. The zero-order chi connectivity index (χ0) is 28.0. The monoisotopic (exact) mass is 523 g/mol. The van der Waals surface area contributed by atoms with Crippen molar-refractivity contribution in [2.75, 3.05) is 17.3 Å². The van der Waals surface area contributed by atoms with Gasteiger partial charge in [0.1, 0.15) is 27.2 Å². The Hall–Kier alpha value is -3.63. The van der Waals surface area contributed by atoms with Gasteiger partial charge in [-0.1, -0.05) is 13.8 Å². The summed E-state index contributed by atoms with van der Waals surface area (Å²) in [5.74, 6) is 1.04. The number of rotatable bonds is 6. The molecule has 0 bridgehead atoms. The molecule has 0 radical (unpaired) electrons. The highest BCUT2D eigenvalue weighted by molar-refractivity contribution is 6.43. The number of alkyl halides is 3. The van der Waals surface area contributed by atoms with Gasteiger partial charge in [-0.15, -0.1) is 0 Å². The fraction of sp³-hybridized carbons (Fsp3) is 0.400. The number of aromatic nitrogens is 4. The third-order valence-corrected chi connectivity index (χ3v) is 7.16. The number of amides is 2. The van der Waals surface area contributed by atoms with Crippen LogP contribution in [0.3, 0.4) is 0 Å². The van der Waals surface area contributed by atoms with Crippen LogP contribution < -0.4 is 10.2 Å². The van der Waals surface area contributed by atoms with Crippen molar-refractivity contribution in [3.8, 4) is 11.1 Å². The van der Waals surface area contributed by atoms with E-state index in [9.17, 15) is 18.0 Å². The van der Waals surface area contributed by atoms with Crippen LogP contribution in [-0.4, -0.2) is 65.0 Å². The maximum Gasteiger partial charge on any atom is 0.433 e. The molecule has 0 saturated carbocycles. The zero-order valence-corrected chi connectivity index (χ0v) is 22.5. The van der Waals surface area contributed by atoms with Gasteiger partial charge in [-0.3, -0.25) is 14.9 Å². The van der Waals surface area contributed by atoms with E-state index in [0.29, 0.717) is 28.6 Å². The minimum absolute atomic E-state index is 0.0805. The van der Waals surface area contributed by atoms with Gasteiger partial charge >= 0.3 is 12.2 Å². The zero-order valence-electron chi connectivity index (χ0n) is 22.5. The summed E-state index contributed by atoms with van der Waals surface area (Å²) in [7, 11) is 5.89. The Bertz CT molecular complexity index is 1350. The van der Waals surface area contributed by atoms with Crippen molar-refractivity contribution >= 4 is 33.5 Å². The summed E-state index contributed by atoms with van der Waals surface area (Å²) in [6.07, 6.45) is -0.210. The molecule has 38 heavy (non-hydrogen) atoms. The molecule has 2 amide bonds. The number of aryl methyl sites for hydroxylation is 1. The Morgan fingerprint density at radius 1 is 1.08 bits per heavy atom. The maximum atomic E-state index is 13.1. The molecule has 8 nitrogen and oxygen atoms in total. The SMILES string of the molecule is BC1(B)C(C(C)C)N(c2ccnc(N[C@@H](C)c3cc(C)c(-c4ccnc(C(F)(F)F)c4)cn3)n2)C(=O)N1C. The number of hydrogen-bond acceptors (Lipinski definition) is 6. The van der Waals surface area contributed by atoms with Gasteiger partial charge in [0.15, 0.2) is 0 Å². The highest BCUT2D eigenvalue weighted by atomic mass is 19.4. The van der Waals surface area contributed by atoms with E-state index < -0.39 is 11.9 Å². The van der Waals surface area contributed by atoms with E-state index in [1.54, 1.807) is 35.3 Å². The average molecular weight is 523 g/mol. The van der Waals surface area contributed by atoms with E-state index >= 15 is 0 Å². The molecule has 198 valence electrons. The second-order valence-electron chi connectivity index (χ2n) is 10.5. The van der Waals surface area contributed by atoms with Gasteiger partial charge in [0, 0.05) is 36.5 Å². The van der Waals surface area contributed by atoms with Crippen LogP contribution >= 0.6 is 0 Å². The van der Waals surface area contributed by atoms with Gasteiger partial charge < -0.3 is 10.2 Å². The minimum atomic E-state index is -4.52. The summed E-state index contributed by atoms with van der Waals surface area (Å²) in [5, 5.41) is 2.85. The topological polar surface area (TPSA) is 87.1 Å². The summed E-state index contributed by atoms with van der Waals surface area (Å²) in [6, 6.07) is 5.58. The normalized spacial score (nSPS) is 18.2. The van der Waals surface area contributed by atoms with E-state index in [4.69, 9.17) is 0 Å². The van der Waals surface area contributed by atoms with Crippen molar-refractivity contribution in [3.63, 3.8) is 0 Å². The highest BCUT2D eigenvalue weighted by Gasteiger charge is 2.51. The van der Waals surface area contributed by atoms with E-state index in [2.05, 4.69) is 39.1 Å². The van der Waals surface area contributed by atoms with E-state index in [0.717, 1.165) is 17.8 Å². The fourth-order valence-corrected chi connectivity index (χ4v) is 5.09. The quantitative estimate of drug-likeness (QED) is 0.500. The molecule has 4 heterocycles. The third-order valence-electron chi connectivity index (χ3n) is 7.16. The summed E-state index contributed by atoms with van der Waals surface area (Å²) in [5.41, 5.74) is 1.47. The summed E-state index contributed by atoms with van der Waals surface area (Å²) in [4.78, 5) is 33.5. The van der Waals surface area contributed by atoms with Crippen molar-refractivity contribution < 1.29 is 18.0 Å². The highest BCUT2D eigenvalue weighted by Crippen LogP contribution is 2.36. The minimum Gasteiger partial charge on any atom is -0.346 e. The van der Waals surface area contributed by atoms with Gasteiger partial charge in [0.05, 0.1) is 17.8 Å². The Morgan fingerprint density at radius 3 is 2.39 bits per heavy atom. The number of urea groups is 1. The predicted molar refractivity (Wildman–Crippen MR) is 145 cm³/mol. The number of anilines is 2. The number of nitrogens with one attached hydrogen (secondary N) is 1. The third kappa shape index (κ3) is 5.06. The molecule has 4 rings (SSSR count). The van der Waals surface area contributed by atoms with Crippen LogP contribution in [0.15, 0.2) is 42.9 Å². The predicted octanol–water partition coefficient (Wildman–Crippen LogP) is 3.25. The molecule has 1 fully saturated rings. The lowest BCUT2D eigenvalue weighted by Gasteiger charge is -2.36. The molecule has 3 aromatic rings. The molecule has 0 aliphatic carbocycles. The number of likely N-dealkylation sites (N-methyl/N-ethyl adjacent to an activating group) is 1. The van der Waals surface area contributed by atoms with Crippen molar-refractivity contribution in [3.05, 3.63) is 59.8 Å². The number of hydrogen-bond donors (Lipinski definition) is 1. The van der Waals surface area contributed by atoms with Gasteiger partial charge in [0.2, 0.25) is 5.95 Å².